The van der Waals surface area contributed by atoms with E-state index in [0.29, 0.717) is 23.5 Å². The smallest absolute Gasteiger partial charge is 0.347 e. The van der Waals surface area contributed by atoms with Crippen LogP contribution in [-0.4, -0.2) is 22.0 Å². The molecule has 1 aromatic heterocycles. The lowest BCUT2D eigenvalue weighted by Crippen LogP contribution is -2.26. The molecule has 6 heteroatoms. The van der Waals surface area contributed by atoms with Crippen LogP contribution in [0.2, 0.25) is 0 Å². The summed E-state index contributed by atoms with van der Waals surface area (Å²) in [5, 5.41) is 15.0. The highest BCUT2D eigenvalue weighted by Gasteiger charge is 2.19. The number of aromatic nitrogens is 1. The van der Waals surface area contributed by atoms with Gasteiger partial charge in [-0.05, 0) is 36.6 Å². The summed E-state index contributed by atoms with van der Waals surface area (Å²) in [6.45, 7) is 3.48. The van der Waals surface area contributed by atoms with Gasteiger partial charge in [0.15, 0.2) is 0 Å². The van der Waals surface area contributed by atoms with Crippen molar-refractivity contribution in [1.82, 2.24) is 10.3 Å². The molecule has 0 aliphatic heterocycles. The molecule has 1 amide bonds. The molecule has 0 saturated heterocycles. The molecule has 0 radical (unpaired) electrons. The van der Waals surface area contributed by atoms with Crippen LogP contribution in [0.15, 0.2) is 42.5 Å². The minimum absolute atomic E-state index is 0.0737. The van der Waals surface area contributed by atoms with E-state index < -0.39 is 5.97 Å². The number of carbonyl (C=O) groups is 2. The van der Waals surface area contributed by atoms with Crippen LogP contribution in [0, 0.1) is 6.92 Å². The van der Waals surface area contributed by atoms with E-state index in [-0.39, 0.29) is 16.8 Å². The molecular formula is C20H20N2O3S. The number of carboxylic acid groups (broad SMARTS) is 1. The SMILES string of the molecule is Cc1nc(C(C)NC(=O)CCc2ccc3ccccc3c2)sc1C(=O)O. The van der Waals surface area contributed by atoms with E-state index in [1.165, 1.54) is 10.8 Å². The van der Waals surface area contributed by atoms with Crippen molar-refractivity contribution in [2.24, 2.45) is 0 Å². The third-order valence-electron chi connectivity index (χ3n) is 4.21. The maximum Gasteiger partial charge on any atom is 0.347 e. The quantitative estimate of drug-likeness (QED) is 0.686. The van der Waals surface area contributed by atoms with Gasteiger partial charge in [0.2, 0.25) is 5.91 Å². The standard InChI is InChI=1S/C20H20N2O3S/c1-12-18(20(24)25)26-19(22-12)13(2)21-17(23)10-8-14-7-9-15-5-3-4-6-16(15)11-14/h3-7,9,11,13H,8,10H2,1-2H3,(H,21,23)(H,24,25). The maximum absolute atomic E-state index is 12.2. The third kappa shape index (κ3) is 4.08. The van der Waals surface area contributed by atoms with Crippen LogP contribution < -0.4 is 5.32 Å². The molecule has 0 aliphatic rings. The van der Waals surface area contributed by atoms with Gasteiger partial charge in [-0.2, -0.15) is 0 Å². The second kappa shape index (κ2) is 7.66. The number of aromatic carboxylic acids is 1. The minimum atomic E-state index is -0.985. The summed E-state index contributed by atoms with van der Waals surface area (Å²) in [6, 6.07) is 14.0. The molecule has 1 heterocycles. The average molecular weight is 368 g/mol. The number of fused-ring (bicyclic) bond motifs is 1. The van der Waals surface area contributed by atoms with Gasteiger partial charge in [0, 0.05) is 6.42 Å². The fraction of sp³-hybridized carbons (Fsp3) is 0.250. The maximum atomic E-state index is 12.2. The molecule has 1 unspecified atom stereocenters. The van der Waals surface area contributed by atoms with Crippen molar-refractivity contribution < 1.29 is 14.7 Å². The Hall–Kier alpha value is -2.73. The number of carboxylic acids is 1. The van der Waals surface area contributed by atoms with E-state index in [4.69, 9.17) is 5.11 Å². The normalized spacial score (nSPS) is 12.1. The highest BCUT2D eigenvalue weighted by molar-refractivity contribution is 7.13. The molecule has 26 heavy (non-hydrogen) atoms. The van der Waals surface area contributed by atoms with Gasteiger partial charge in [0.05, 0.1) is 11.7 Å². The molecule has 0 saturated carbocycles. The molecule has 0 bridgehead atoms. The summed E-state index contributed by atoms with van der Waals surface area (Å²) in [6.07, 6.45) is 1.03. The lowest BCUT2D eigenvalue weighted by Gasteiger charge is -2.11. The van der Waals surface area contributed by atoms with E-state index in [2.05, 4.69) is 34.6 Å². The molecule has 3 aromatic rings. The molecule has 2 N–H and O–H groups in total. The number of benzene rings is 2. The first kappa shape index (κ1) is 18.1. The van der Waals surface area contributed by atoms with Gasteiger partial charge in [0.25, 0.3) is 0 Å². The summed E-state index contributed by atoms with van der Waals surface area (Å²) < 4.78 is 0. The predicted molar refractivity (Wildman–Crippen MR) is 103 cm³/mol. The van der Waals surface area contributed by atoms with Crippen molar-refractivity contribution in [3.63, 3.8) is 0 Å². The Morgan fingerprint density at radius 2 is 1.92 bits per heavy atom. The largest absolute Gasteiger partial charge is 0.477 e. The summed E-state index contributed by atoms with van der Waals surface area (Å²) in [4.78, 5) is 27.8. The second-order valence-corrected chi connectivity index (χ2v) is 7.27. The summed E-state index contributed by atoms with van der Waals surface area (Å²) in [7, 11) is 0. The van der Waals surface area contributed by atoms with E-state index in [1.54, 1.807) is 6.92 Å². The molecule has 2 aromatic carbocycles. The van der Waals surface area contributed by atoms with Crippen molar-refractivity contribution in [3.05, 3.63) is 63.6 Å². The number of carbonyl (C=O) groups excluding carboxylic acids is 1. The Kier molecular flexibility index (Phi) is 5.32. The average Bonchev–Trinajstić information content (AvgIpc) is 3.02. The zero-order valence-electron chi connectivity index (χ0n) is 14.7. The Morgan fingerprint density at radius 3 is 2.62 bits per heavy atom. The first-order chi connectivity index (χ1) is 12.4. The zero-order valence-corrected chi connectivity index (χ0v) is 15.5. The number of hydrogen-bond acceptors (Lipinski definition) is 4. The number of amides is 1. The predicted octanol–water partition coefficient (Wildman–Crippen LogP) is 4.11. The lowest BCUT2D eigenvalue weighted by atomic mass is 10.0. The number of hydrogen-bond donors (Lipinski definition) is 2. The Bertz CT molecular complexity index is 965. The molecule has 5 nitrogen and oxygen atoms in total. The van der Waals surface area contributed by atoms with Gasteiger partial charge >= 0.3 is 5.97 Å². The van der Waals surface area contributed by atoms with Crippen LogP contribution in [0.4, 0.5) is 0 Å². The highest BCUT2D eigenvalue weighted by atomic mass is 32.1. The van der Waals surface area contributed by atoms with Crippen LogP contribution in [0.1, 0.15) is 45.3 Å². The summed E-state index contributed by atoms with van der Waals surface area (Å²) in [5.74, 6) is -1.06. The van der Waals surface area contributed by atoms with E-state index >= 15 is 0 Å². The summed E-state index contributed by atoms with van der Waals surface area (Å²) >= 11 is 1.11. The van der Waals surface area contributed by atoms with E-state index in [1.807, 2.05) is 25.1 Å². The van der Waals surface area contributed by atoms with Gasteiger partial charge in [-0.15, -0.1) is 11.3 Å². The van der Waals surface area contributed by atoms with Gasteiger partial charge in [-0.1, -0.05) is 42.5 Å². The van der Waals surface area contributed by atoms with Gasteiger partial charge in [-0.25, -0.2) is 9.78 Å². The van der Waals surface area contributed by atoms with Crippen LogP contribution >= 0.6 is 11.3 Å². The van der Waals surface area contributed by atoms with Crippen molar-refractivity contribution in [2.45, 2.75) is 32.7 Å². The minimum Gasteiger partial charge on any atom is -0.477 e. The topological polar surface area (TPSA) is 79.3 Å². The first-order valence-corrected chi connectivity index (χ1v) is 9.23. The first-order valence-electron chi connectivity index (χ1n) is 8.41. The Morgan fingerprint density at radius 1 is 1.19 bits per heavy atom. The molecule has 0 aliphatic carbocycles. The van der Waals surface area contributed by atoms with Gasteiger partial charge in [-0.3, -0.25) is 4.79 Å². The zero-order chi connectivity index (χ0) is 18.7. The summed E-state index contributed by atoms with van der Waals surface area (Å²) in [5.41, 5.74) is 1.60. The number of nitrogens with one attached hydrogen (secondary N) is 1. The molecule has 134 valence electrons. The fourth-order valence-corrected chi connectivity index (χ4v) is 3.74. The fourth-order valence-electron chi connectivity index (χ4n) is 2.83. The van der Waals surface area contributed by atoms with Gasteiger partial charge in [0.1, 0.15) is 9.88 Å². The molecule has 0 spiro atoms. The van der Waals surface area contributed by atoms with Crippen molar-refractivity contribution in [3.8, 4) is 0 Å². The Labute approximate surface area is 155 Å². The van der Waals surface area contributed by atoms with E-state index in [9.17, 15) is 9.59 Å². The van der Waals surface area contributed by atoms with Crippen molar-refractivity contribution >= 4 is 34.0 Å². The monoisotopic (exact) mass is 368 g/mol. The molecule has 0 fully saturated rings. The Balaban J connectivity index is 1.59. The van der Waals surface area contributed by atoms with Crippen molar-refractivity contribution in [2.75, 3.05) is 0 Å². The van der Waals surface area contributed by atoms with Crippen LogP contribution in [0.3, 0.4) is 0 Å². The second-order valence-electron chi connectivity index (χ2n) is 6.24. The van der Waals surface area contributed by atoms with Crippen LogP contribution in [0.5, 0.6) is 0 Å². The third-order valence-corrected chi connectivity index (χ3v) is 5.54. The van der Waals surface area contributed by atoms with Crippen LogP contribution in [0.25, 0.3) is 10.8 Å². The lowest BCUT2D eigenvalue weighted by molar-refractivity contribution is -0.121. The van der Waals surface area contributed by atoms with Crippen molar-refractivity contribution in [1.29, 1.82) is 0 Å². The van der Waals surface area contributed by atoms with Gasteiger partial charge < -0.3 is 10.4 Å². The number of nitrogens with zero attached hydrogens (tertiary/aromatic N) is 1. The molecule has 3 rings (SSSR count). The molecular weight excluding hydrogens is 348 g/mol. The molecule has 1 atom stereocenters. The van der Waals surface area contributed by atoms with Crippen LogP contribution in [-0.2, 0) is 11.2 Å². The highest BCUT2D eigenvalue weighted by Crippen LogP contribution is 2.23. The van der Waals surface area contributed by atoms with E-state index in [0.717, 1.165) is 16.9 Å². The number of rotatable bonds is 6. The number of thiazole rings is 1. The number of aryl methyl sites for hydroxylation is 2.